The van der Waals surface area contributed by atoms with Crippen molar-refractivity contribution < 1.29 is 0 Å². The number of nitrogens with one attached hydrogen (secondary N) is 1. The van der Waals surface area contributed by atoms with Crippen molar-refractivity contribution in [2.75, 3.05) is 5.43 Å². The molecule has 3 aliphatic heterocycles. The lowest BCUT2D eigenvalue weighted by molar-refractivity contribution is -0.143. The topological polar surface area (TPSA) is 95.8 Å². The van der Waals surface area contributed by atoms with Gasteiger partial charge in [-0.25, -0.2) is 4.98 Å². The maximum atomic E-state index is 5.87. The van der Waals surface area contributed by atoms with E-state index in [0.29, 0.717) is 5.84 Å². The first kappa shape index (κ1) is 10.1. The predicted octanol–water partition coefficient (Wildman–Crippen LogP) is 0.0950. The van der Waals surface area contributed by atoms with Gasteiger partial charge in [-0.2, -0.15) is 5.12 Å². The highest BCUT2D eigenvalue weighted by Gasteiger charge is 2.53. The summed E-state index contributed by atoms with van der Waals surface area (Å²) in [6, 6.07) is 7.92. The summed E-state index contributed by atoms with van der Waals surface area (Å²) in [4.78, 5) is 4.49. The molecule has 8 heteroatoms. The maximum absolute atomic E-state index is 5.87. The van der Waals surface area contributed by atoms with Crippen LogP contribution in [0.2, 0.25) is 0 Å². The molecule has 2 aromatic rings. The number of hydrazone groups is 1. The van der Waals surface area contributed by atoms with Crippen LogP contribution in [0.1, 0.15) is 0 Å². The molecule has 0 radical (unpaired) electrons. The van der Waals surface area contributed by atoms with Crippen LogP contribution in [0.15, 0.2) is 29.4 Å². The summed E-state index contributed by atoms with van der Waals surface area (Å²) in [5.74, 6) is 0.538. The molecule has 3 aliphatic rings. The Bertz CT molecular complexity index is 617. The quantitative estimate of drug-likeness (QED) is 0.709. The third kappa shape index (κ3) is 1.19. The van der Waals surface area contributed by atoms with Crippen LogP contribution < -0.4 is 16.9 Å². The van der Waals surface area contributed by atoms with Crippen LogP contribution in [-0.2, 0) is 0 Å². The number of thiazole rings is 1. The maximum Gasteiger partial charge on any atom is 0.200 e. The highest BCUT2D eigenvalue weighted by molar-refractivity contribution is 7.22. The molecule has 5 N–H and O–H groups in total. The first-order chi connectivity index (χ1) is 8.74. The van der Waals surface area contributed by atoms with Gasteiger partial charge in [0.15, 0.2) is 5.13 Å². The number of aromatic nitrogens is 1. The van der Waals surface area contributed by atoms with Crippen molar-refractivity contribution in [3.63, 3.8) is 0 Å². The summed E-state index contributed by atoms with van der Waals surface area (Å²) in [5, 5.41) is 8.36. The number of hydrogen-bond acceptors (Lipinski definition) is 8. The number of fused-ring (bicyclic) bond motifs is 1. The number of benzene rings is 1. The highest BCUT2D eigenvalue weighted by atomic mass is 32.1. The first-order valence-electron chi connectivity index (χ1n) is 5.54. The van der Waals surface area contributed by atoms with Gasteiger partial charge in [-0.3, -0.25) is 5.43 Å². The van der Waals surface area contributed by atoms with E-state index in [-0.39, 0.29) is 12.2 Å². The Morgan fingerprint density at radius 3 is 2.83 bits per heavy atom. The van der Waals surface area contributed by atoms with Crippen molar-refractivity contribution in [2.24, 2.45) is 16.6 Å². The van der Waals surface area contributed by atoms with E-state index >= 15 is 0 Å². The second-order valence-electron chi connectivity index (χ2n) is 4.22. The molecule has 0 aliphatic carbocycles. The fourth-order valence-electron chi connectivity index (χ4n) is 2.20. The van der Waals surface area contributed by atoms with E-state index < -0.39 is 0 Å². The zero-order valence-corrected chi connectivity index (χ0v) is 10.1. The van der Waals surface area contributed by atoms with Crippen LogP contribution in [0.4, 0.5) is 5.13 Å². The molecule has 7 nitrogen and oxygen atoms in total. The molecule has 1 aromatic heterocycles. The standard InChI is InChI=1S/C10H11N7S/c11-8-7-9(12)17(14-8)16(7)15-10-13-5-3-1-2-4-6(5)18-10/h1-4,7,9H,12H2,(H2,11,14)(H,13,15). The molecule has 2 atom stereocenters. The highest BCUT2D eigenvalue weighted by Crippen LogP contribution is 2.33. The normalized spacial score (nSPS) is 26.3. The van der Waals surface area contributed by atoms with Crippen molar-refractivity contribution in [2.45, 2.75) is 12.2 Å². The SMILES string of the molecule is NC1=NN2C(N)C1N2Nc1nc2ccccc2s1. The summed E-state index contributed by atoms with van der Waals surface area (Å²) in [6.45, 7) is 0. The van der Waals surface area contributed by atoms with Crippen molar-refractivity contribution >= 4 is 32.5 Å². The molecule has 4 heterocycles. The Hall–Kier alpha value is -1.90. The Morgan fingerprint density at radius 1 is 1.33 bits per heavy atom. The van der Waals surface area contributed by atoms with Gasteiger partial charge in [-0.15, -0.1) is 5.10 Å². The van der Waals surface area contributed by atoms with Crippen molar-refractivity contribution in [3.8, 4) is 0 Å². The average Bonchev–Trinajstić information content (AvgIpc) is 2.99. The Kier molecular flexibility index (Phi) is 1.85. The smallest absolute Gasteiger partial charge is 0.200 e. The molecule has 1 aromatic carbocycles. The fourth-order valence-corrected chi connectivity index (χ4v) is 3.06. The lowest BCUT2D eigenvalue weighted by atomic mass is 10.2. The Labute approximate surface area is 107 Å². The number of para-hydroxylation sites is 1. The van der Waals surface area contributed by atoms with E-state index in [1.54, 1.807) is 21.6 Å². The number of rotatable bonds is 2. The molecule has 0 amide bonds. The fraction of sp³-hybridized carbons (Fsp3) is 0.200. The van der Waals surface area contributed by atoms with Gasteiger partial charge in [0.05, 0.1) is 10.2 Å². The van der Waals surface area contributed by atoms with E-state index in [1.807, 2.05) is 24.3 Å². The summed E-state index contributed by atoms with van der Waals surface area (Å²) < 4.78 is 1.14. The summed E-state index contributed by atoms with van der Waals surface area (Å²) >= 11 is 1.59. The average molecular weight is 261 g/mol. The van der Waals surface area contributed by atoms with Crippen LogP contribution >= 0.6 is 11.3 Å². The Balaban J connectivity index is 1.60. The molecule has 18 heavy (non-hydrogen) atoms. The van der Waals surface area contributed by atoms with Gasteiger partial charge in [-0.05, 0) is 12.1 Å². The zero-order valence-electron chi connectivity index (χ0n) is 9.32. The van der Waals surface area contributed by atoms with Crippen LogP contribution in [0.5, 0.6) is 0 Å². The molecule has 2 bridgehead atoms. The van der Waals surface area contributed by atoms with E-state index in [2.05, 4.69) is 15.5 Å². The summed E-state index contributed by atoms with van der Waals surface area (Å²) in [5.41, 5.74) is 15.8. The van der Waals surface area contributed by atoms with Crippen molar-refractivity contribution in [1.82, 2.24) is 15.2 Å². The molecule has 92 valence electrons. The van der Waals surface area contributed by atoms with Crippen LogP contribution in [0, 0.1) is 0 Å². The third-order valence-corrected chi connectivity index (χ3v) is 4.04. The molecular formula is C10H11N7S. The van der Waals surface area contributed by atoms with E-state index in [1.165, 1.54) is 0 Å². The molecule has 2 unspecified atom stereocenters. The first-order valence-corrected chi connectivity index (χ1v) is 6.36. The third-order valence-electron chi connectivity index (χ3n) is 3.10. The molecule has 1 fully saturated rings. The van der Waals surface area contributed by atoms with Gasteiger partial charge in [0.2, 0.25) is 0 Å². The molecule has 5 rings (SSSR count). The Morgan fingerprint density at radius 2 is 2.17 bits per heavy atom. The second-order valence-corrected chi connectivity index (χ2v) is 5.25. The zero-order chi connectivity index (χ0) is 12.3. The lowest BCUT2D eigenvalue weighted by Gasteiger charge is -2.45. The number of nitrogens with two attached hydrogens (primary N) is 2. The molecule has 0 saturated carbocycles. The predicted molar refractivity (Wildman–Crippen MR) is 70.3 cm³/mol. The molecule has 0 spiro atoms. The van der Waals surface area contributed by atoms with E-state index in [9.17, 15) is 0 Å². The summed E-state index contributed by atoms with van der Waals surface area (Å²) in [7, 11) is 0. The number of anilines is 1. The lowest BCUT2D eigenvalue weighted by Crippen LogP contribution is -2.72. The van der Waals surface area contributed by atoms with Crippen LogP contribution in [-0.4, -0.2) is 33.3 Å². The van der Waals surface area contributed by atoms with Gasteiger partial charge in [0.25, 0.3) is 0 Å². The van der Waals surface area contributed by atoms with Gasteiger partial charge in [0.1, 0.15) is 18.0 Å². The van der Waals surface area contributed by atoms with E-state index in [4.69, 9.17) is 11.5 Å². The minimum Gasteiger partial charge on any atom is -0.384 e. The second kappa shape index (κ2) is 3.31. The van der Waals surface area contributed by atoms with Crippen LogP contribution in [0.3, 0.4) is 0 Å². The number of hydrogen-bond donors (Lipinski definition) is 3. The monoisotopic (exact) mass is 261 g/mol. The number of nitrogens with zero attached hydrogens (tertiary/aromatic N) is 4. The molecular weight excluding hydrogens is 250 g/mol. The minimum atomic E-state index is -0.160. The van der Waals surface area contributed by atoms with Crippen molar-refractivity contribution in [1.29, 1.82) is 0 Å². The van der Waals surface area contributed by atoms with Crippen molar-refractivity contribution in [3.05, 3.63) is 24.3 Å². The largest absolute Gasteiger partial charge is 0.384 e. The van der Waals surface area contributed by atoms with Gasteiger partial charge < -0.3 is 11.5 Å². The van der Waals surface area contributed by atoms with Crippen LogP contribution in [0.25, 0.3) is 10.2 Å². The summed E-state index contributed by atoms with van der Waals surface area (Å²) in [6.07, 6.45) is -0.160. The van der Waals surface area contributed by atoms with Gasteiger partial charge in [-0.1, -0.05) is 28.6 Å². The molecule has 1 saturated heterocycles. The van der Waals surface area contributed by atoms with Gasteiger partial charge in [0, 0.05) is 0 Å². The van der Waals surface area contributed by atoms with E-state index in [0.717, 1.165) is 15.3 Å². The number of amidine groups is 1. The number of hydrazine groups is 2. The van der Waals surface area contributed by atoms with Gasteiger partial charge >= 0.3 is 0 Å². The minimum absolute atomic E-state index is 0.0722.